The Morgan fingerprint density at radius 2 is 2.40 bits per heavy atom. The lowest BCUT2D eigenvalue weighted by Gasteiger charge is -1.87. The van der Waals surface area contributed by atoms with Gasteiger partial charge in [-0.3, -0.25) is 4.79 Å². The average Bonchev–Trinajstić information content (AvgIpc) is 2.85. The predicted octanol–water partition coefficient (Wildman–Crippen LogP) is 2.34. The summed E-state index contributed by atoms with van der Waals surface area (Å²) in [6, 6.07) is 0. The van der Waals surface area contributed by atoms with Gasteiger partial charge in [0.05, 0.1) is 5.69 Å². The van der Waals surface area contributed by atoms with Crippen LogP contribution in [0.4, 0.5) is 0 Å². The minimum absolute atomic E-state index is 0.124. The molecule has 0 saturated carbocycles. The van der Waals surface area contributed by atoms with Crippen molar-refractivity contribution >= 4 is 23.2 Å². The molecule has 0 aliphatic carbocycles. The molecule has 5 heteroatoms. The molecule has 0 bridgehead atoms. The Bertz CT molecular complexity index is 485. The number of oxazole rings is 1. The standard InChI is InChI=1S/C10H8N2O2S/c1-7-9(14-6-12-7)3-2-8(13)10-11-4-5-15-10/h2-6H,1H3. The molecule has 0 saturated heterocycles. The van der Waals surface area contributed by atoms with Gasteiger partial charge in [0.25, 0.3) is 0 Å². The summed E-state index contributed by atoms with van der Waals surface area (Å²) in [5, 5.41) is 2.24. The number of hydrogen-bond donors (Lipinski definition) is 0. The van der Waals surface area contributed by atoms with E-state index in [1.165, 1.54) is 23.8 Å². The van der Waals surface area contributed by atoms with Crippen molar-refractivity contribution in [2.75, 3.05) is 0 Å². The number of aryl methyl sites for hydroxylation is 1. The van der Waals surface area contributed by atoms with Crippen molar-refractivity contribution in [3.8, 4) is 0 Å². The summed E-state index contributed by atoms with van der Waals surface area (Å²) in [6.45, 7) is 1.82. The molecule has 2 heterocycles. The van der Waals surface area contributed by atoms with Crippen molar-refractivity contribution < 1.29 is 9.21 Å². The highest BCUT2D eigenvalue weighted by atomic mass is 32.1. The van der Waals surface area contributed by atoms with Gasteiger partial charge in [0.2, 0.25) is 5.78 Å². The lowest BCUT2D eigenvalue weighted by atomic mass is 10.3. The number of thiazole rings is 1. The third kappa shape index (κ3) is 2.19. The monoisotopic (exact) mass is 220 g/mol. The summed E-state index contributed by atoms with van der Waals surface area (Å²) in [5.41, 5.74) is 0.762. The van der Waals surface area contributed by atoms with Crippen LogP contribution in [-0.4, -0.2) is 15.8 Å². The molecule has 0 unspecified atom stereocenters. The first-order valence-corrected chi connectivity index (χ1v) is 5.17. The first kappa shape index (κ1) is 9.79. The largest absolute Gasteiger partial charge is 0.444 e. The van der Waals surface area contributed by atoms with Crippen LogP contribution in [0.5, 0.6) is 0 Å². The van der Waals surface area contributed by atoms with Gasteiger partial charge in [0.1, 0.15) is 5.76 Å². The fraction of sp³-hybridized carbons (Fsp3) is 0.100. The summed E-state index contributed by atoms with van der Waals surface area (Å²) in [6.07, 6.45) is 5.99. The van der Waals surface area contributed by atoms with Crippen molar-refractivity contribution in [1.82, 2.24) is 9.97 Å². The highest BCUT2D eigenvalue weighted by Crippen LogP contribution is 2.10. The Hall–Kier alpha value is -1.75. The second kappa shape index (κ2) is 4.18. The average molecular weight is 220 g/mol. The number of nitrogens with zero attached hydrogens (tertiary/aromatic N) is 2. The van der Waals surface area contributed by atoms with Gasteiger partial charge in [0.15, 0.2) is 11.4 Å². The van der Waals surface area contributed by atoms with E-state index < -0.39 is 0 Å². The summed E-state index contributed by atoms with van der Waals surface area (Å²) in [5.74, 6) is 0.473. The third-order valence-corrected chi connectivity index (χ3v) is 2.60. The highest BCUT2D eigenvalue weighted by Gasteiger charge is 2.05. The van der Waals surface area contributed by atoms with E-state index in [-0.39, 0.29) is 5.78 Å². The van der Waals surface area contributed by atoms with Gasteiger partial charge >= 0.3 is 0 Å². The lowest BCUT2D eigenvalue weighted by molar-refractivity contribution is 0.104. The molecule has 76 valence electrons. The van der Waals surface area contributed by atoms with Crippen molar-refractivity contribution in [3.05, 3.63) is 40.5 Å². The maximum absolute atomic E-state index is 11.5. The first-order chi connectivity index (χ1) is 7.27. The van der Waals surface area contributed by atoms with Crippen LogP contribution < -0.4 is 0 Å². The van der Waals surface area contributed by atoms with Gasteiger partial charge < -0.3 is 4.42 Å². The molecule has 0 aliphatic heterocycles. The van der Waals surface area contributed by atoms with Gasteiger partial charge in [-0.05, 0) is 19.1 Å². The van der Waals surface area contributed by atoms with E-state index in [0.29, 0.717) is 10.8 Å². The third-order valence-electron chi connectivity index (χ3n) is 1.81. The Morgan fingerprint density at radius 3 is 3.00 bits per heavy atom. The van der Waals surface area contributed by atoms with Crippen LogP contribution in [0.2, 0.25) is 0 Å². The lowest BCUT2D eigenvalue weighted by Crippen LogP contribution is -1.91. The number of rotatable bonds is 3. The Kier molecular flexibility index (Phi) is 2.73. The fourth-order valence-corrected chi connectivity index (χ4v) is 1.60. The molecular formula is C10H8N2O2S. The number of carbonyl (C=O) groups is 1. The number of hydrogen-bond acceptors (Lipinski definition) is 5. The maximum atomic E-state index is 11.5. The molecule has 0 amide bonds. The van der Waals surface area contributed by atoms with Crippen LogP contribution in [0, 0.1) is 6.92 Å². The van der Waals surface area contributed by atoms with Gasteiger partial charge in [-0.25, -0.2) is 9.97 Å². The second-order valence-corrected chi connectivity index (χ2v) is 3.73. The van der Waals surface area contributed by atoms with Crippen LogP contribution in [0.25, 0.3) is 6.08 Å². The molecule has 2 rings (SSSR count). The van der Waals surface area contributed by atoms with Crippen molar-refractivity contribution in [2.24, 2.45) is 0 Å². The molecule has 0 fully saturated rings. The van der Waals surface area contributed by atoms with E-state index in [4.69, 9.17) is 4.42 Å². The van der Waals surface area contributed by atoms with E-state index in [1.54, 1.807) is 17.7 Å². The van der Waals surface area contributed by atoms with Gasteiger partial charge in [0, 0.05) is 11.6 Å². The Balaban J connectivity index is 2.13. The summed E-state index contributed by atoms with van der Waals surface area (Å²) in [4.78, 5) is 19.3. The molecule has 0 atom stereocenters. The van der Waals surface area contributed by atoms with Crippen LogP contribution in [-0.2, 0) is 0 Å². The summed E-state index contributed by atoms with van der Waals surface area (Å²) < 4.78 is 5.06. The molecule has 2 aromatic rings. The van der Waals surface area contributed by atoms with Gasteiger partial charge in [-0.1, -0.05) is 0 Å². The number of aromatic nitrogens is 2. The highest BCUT2D eigenvalue weighted by molar-refractivity contribution is 7.11. The zero-order valence-corrected chi connectivity index (χ0v) is 8.82. The predicted molar refractivity (Wildman–Crippen MR) is 56.7 cm³/mol. The van der Waals surface area contributed by atoms with E-state index >= 15 is 0 Å². The van der Waals surface area contributed by atoms with Crippen molar-refractivity contribution in [3.63, 3.8) is 0 Å². The SMILES string of the molecule is Cc1ncoc1C=CC(=O)c1nccs1. The van der Waals surface area contributed by atoms with Crippen LogP contribution in [0.15, 0.2) is 28.5 Å². The zero-order chi connectivity index (χ0) is 10.7. The minimum atomic E-state index is -0.124. The molecule has 15 heavy (non-hydrogen) atoms. The van der Waals surface area contributed by atoms with E-state index in [1.807, 2.05) is 6.92 Å². The van der Waals surface area contributed by atoms with E-state index in [2.05, 4.69) is 9.97 Å². The first-order valence-electron chi connectivity index (χ1n) is 4.29. The minimum Gasteiger partial charge on any atom is -0.444 e. The molecule has 4 nitrogen and oxygen atoms in total. The second-order valence-electron chi connectivity index (χ2n) is 2.84. The zero-order valence-electron chi connectivity index (χ0n) is 8.01. The molecular weight excluding hydrogens is 212 g/mol. The van der Waals surface area contributed by atoms with Crippen LogP contribution >= 0.6 is 11.3 Å². The van der Waals surface area contributed by atoms with Gasteiger partial charge in [-0.15, -0.1) is 11.3 Å². The Labute approximate surface area is 90.3 Å². The van der Waals surface area contributed by atoms with Crippen molar-refractivity contribution in [1.29, 1.82) is 0 Å². The maximum Gasteiger partial charge on any atom is 0.214 e. The molecule has 2 aromatic heterocycles. The quantitative estimate of drug-likeness (QED) is 0.588. The Morgan fingerprint density at radius 1 is 1.53 bits per heavy atom. The van der Waals surface area contributed by atoms with E-state index in [0.717, 1.165) is 5.69 Å². The fourth-order valence-electron chi connectivity index (χ4n) is 1.04. The van der Waals surface area contributed by atoms with Gasteiger partial charge in [-0.2, -0.15) is 0 Å². The van der Waals surface area contributed by atoms with Crippen molar-refractivity contribution in [2.45, 2.75) is 6.92 Å². The molecule has 0 N–H and O–H groups in total. The van der Waals surface area contributed by atoms with Crippen LogP contribution in [0.1, 0.15) is 21.3 Å². The number of allylic oxidation sites excluding steroid dienone is 1. The molecule has 0 spiro atoms. The topological polar surface area (TPSA) is 56.0 Å². The number of carbonyl (C=O) groups excluding carboxylic acids is 1. The number of ketones is 1. The summed E-state index contributed by atoms with van der Waals surface area (Å²) >= 11 is 1.31. The molecule has 0 radical (unpaired) electrons. The normalized spacial score (nSPS) is 11.0. The molecule has 0 aliphatic rings. The summed E-state index contributed by atoms with van der Waals surface area (Å²) in [7, 11) is 0. The van der Waals surface area contributed by atoms with Crippen LogP contribution in [0.3, 0.4) is 0 Å². The van der Waals surface area contributed by atoms with E-state index in [9.17, 15) is 4.79 Å². The molecule has 0 aromatic carbocycles. The smallest absolute Gasteiger partial charge is 0.214 e.